The predicted molar refractivity (Wildman–Crippen MR) is 81.2 cm³/mol. The first-order chi connectivity index (χ1) is 18.3. The van der Waals surface area contributed by atoms with E-state index in [9.17, 15) is 0 Å². The Bertz CT molecular complexity index is 304. The molecular weight excluding hydrogens is 737 g/mol. The smallest absolute Gasteiger partial charge is 0.159 e. The Morgan fingerprint density at radius 2 is 0.789 bits per heavy atom. The van der Waals surface area contributed by atoms with Gasteiger partial charge in [-0.2, -0.15) is 0 Å². The van der Waals surface area contributed by atoms with Crippen LogP contribution in [0, 0.1) is 0 Å². The lowest BCUT2D eigenvalue weighted by molar-refractivity contribution is 0.108. The molecule has 0 saturated carbocycles. The Labute approximate surface area is 203 Å². The van der Waals surface area contributed by atoms with Gasteiger partial charge in [-0.3, -0.25) is 4.70 Å². The van der Waals surface area contributed by atoms with Crippen LogP contribution < -0.4 is 0 Å². The van der Waals surface area contributed by atoms with Gasteiger partial charge in [0.2, 0.25) is 0 Å². The highest BCUT2D eigenvalue weighted by Crippen LogP contribution is 2.27. The van der Waals surface area contributed by atoms with E-state index in [1.54, 1.807) is 11.3 Å². The maximum Gasteiger partial charge on any atom is 0.159 e. The fourth-order valence-corrected chi connectivity index (χ4v) is 3.00. The zero-order valence-electron chi connectivity index (χ0n) is 16.5. The molecule has 2 heterocycles. The highest BCUT2D eigenvalue weighted by molar-refractivity contribution is 9.11. The molecule has 1 aliphatic rings. The summed E-state index contributed by atoms with van der Waals surface area (Å²) in [6.07, 6.45) is 1.11. The van der Waals surface area contributed by atoms with E-state index in [4.69, 9.17) is 119 Å². The predicted octanol–water partition coefficient (Wildman–Crippen LogP) is 13.0. The molecule has 2 rings (SSSR count). The van der Waals surface area contributed by atoms with E-state index in [1.807, 2.05) is 0 Å². The number of rotatable bonds is 0. The molecular formula is C7H10BrF27N2S. The van der Waals surface area contributed by atoms with Crippen molar-refractivity contribution in [3.05, 3.63) is 14.5 Å². The number of fused-ring (bicyclic) bond motifs is 1. The van der Waals surface area contributed by atoms with E-state index in [-0.39, 0.29) is 4.70 Å². The number of thiazole rings is 1. The van der Waals surface area contributed by atoms with E-state index in [0.29, 0.717) is 0 Å². The van der Waals surface area contributed by atoms with Crippen molar-refractivity contribution in [3.8, 4) is 0 Å². The van der Waals surface area contributed by atoms with Crippen molar-refractivity contribution in [2.75, 3.05) is 13.6 Å². The first-order valence-electron chi connectivity index (χ1n) is 5.44. The van der Waals surface area contributed by atoms with Crippen LogP contribution in [0.1, 0.15) is 10.6 Å². The third-order valence-corrected chi connectivity index (χ3v) is 3.43. The van der Waals surface area contributed by atoms with E-state index in [1.165, 1.54) is 10.6 Å². The zero-order chi connectivity index (χ0) is 33.8. The standard InChI is InChI=1S/C7H9BrN2S.13F2.FH/c1-10-3-2-5-6(4-10)11-7(8)9-5;13*1-2;/h2-4H2,1H3;;;;;;;;;;;;;;1H. The second-order valence-electron chi connectivity index (χ2n) is 2.82. The van der Waals surface area contributed by atoms with Crippen LogP contribution in [0.25, 0.3) is 0 Å². The molecule has 0 unspecified atom stereocenters. The van der Waals surface area contributed by atoms with Crippen LogP contribution >= 0.6 is 27.3 Å². The van der Waals surface area contributed by atoms with Crippen LogP contribution in [0.2, 0.25) is 0 Å². The molecule has 31 heteroatoms. The highest BCUT2D eigenvalue weighted by Gasteiger charge is 2.16. The SMILES string of the molecule is CN1CCc2nc(Br)sc2C1.F.FF.FF.FF.FF.FF.FF.FF.FF.FF.FF.FF.FF.FF. The molecule has 0 saturated heterocycles. The molecule has 38 heavy (non-hydrogen) atoms. The summed E-state index contributed by atoms with van der Waals surface area (Å²) in [5, 5.41) is 0. The Balaban J connectivity index is -0.0000000183. The summed E-state index contributed by atoms with van der Waals surface area (Å²) in [6, 6.07) is 0. The highest BCUT2D eigenvalue weighted by atomic mass is 79.9. The molecule has 1 aromatic rings. The van der Waals surface area contributed by atoms with Crippen molar-refractivity contribution < 1.29 is 124 Å². The summed E-state index contributed by atoms with van der Waals surface area (Å²) < 4.78 is 209. The summed E-state index contributed by atoms with van der Waals surface area (Å²) in [5.41, 5.74) is 1.29. The van der Waals surface area contributed by atoms with Gasteiger partial charge in [-0.25, -0.2) is 4.98 Å². The zero-order valence-corrected chi connectivity index (χ0v) is 18.9. The minimum Gasteiger partial charge on any atom is -0.301 e. The number of likely N-dealkylation sites (N-methyl/N-ethyl adjacent to an activating group) is 1. The second kappa shape index (κ2) is 178. The van der Waals surface area contributed by atoms with Gasteiger partial charge in [-0.15, -0.1) is 11.3 Å². The van der Waals surface area contributed by atoms with Gasteiger partial charge in [-0.1, -0.05) is 0 Å². The molecule has 0 aromatic carbocycles. The van der Waals surface area contributed by atoms with Crippen molar-refractivity contribution in [3.63, 3.8) is 0 Å². The Morgan fingerprint density at radius 3 is 1.03 bits per heavy atom. The van der Waals surface area contributed by atoms with E-state index in [0.717, 1.165) is 23.4 Å². The monoisotopic (exact) mass is 746 g/mol. The molecule has 2 nitrogen and oxygen atoms in total. The number of halogens is 28. The average Bonchev–Trinajstić information content (AvgIpc) is 3.45. The van der Waals surface area contributed by atoms with Gasteiger partial charge in [0.1, 0.15) is 0 Å². The average molecular weight is 747 g/mol. The maximum atomic E-state index is 8.00. The van der Waals surface area contributed by atoms with Gasteiger partial charge in [0.05, 0.1) is 5.69 Å². The van der Waals surface area contributed by atoms with Crippen LogP contribution in [-0.2, 0) is 13.0 Å². The van der Waals surface area contributed by atoms with Crippen molar-refractivity contribution in [1.29, 1.82) is 0 Å². The molecule has 0 amide bonds. The molecule has 1 aromatic heterocycles. The minimum absolute atomic E-state index is 0. The van der Waals surface area contributed by atoms with E-state index < -0.39 is 0 Å². The summed E-state index contributed by atoms with van der Waals surface area (Å²) in [4.78, 5) is 8.14. The van der Waals surface area contributed by atoms with Crippen molar-refractivity contribution in [2.45, 2.75) is 13.0 Å². The van der Waals surface area contributed by atoms with Gasteiger partial charge >= 0.3 is 0 Å². The summed E-state index contributed by atoms with van der Waals surface area (Å²) >= 11 is 5.16. The van der Waals surface area contributed by atoms with Crippen LogP contribution in [0.5, 0.6) is 0 Å². The van der Waals surface area contributed by atoms with Crippen LogP contribution in [0.3, 0.4) is 0 Å². The number of hydrogen-bond acceptors (Lipinski definition) is 3. The molecule has 0 fully saturated rings. The summed E-state index contributed by atoms with van der Waals surface area (Å²) in [5.74, 6) is 0. The maximum absolute atomic E-state index is 8.00. The molecule has 250 valence electrons. The van der Waals surface area contributed by atoms with Crippen molar-refractivity contribution >= 4 is 27.3 Å². The molecule has 0 aliphatic carbocycles. The molecule has 0 bridgehead atoms. The first kappa shape index (κ1) is 83.3. The quantitative estimate of drug-likeness (QED) is 0.246. The Hall–Kier alpha value is -1.82. The summed E-state index contributed by atoms with van der Waals surface area (Å²) in [6.45, 7) is 2.21. The van der Waals surface area contributed by atoms with Gasteiger partial charge in [0.25, 0.3) is 0 Å². The first-order valence-corrected chi connectivity index (χ1v) is 7.05. The lowest BCUT2D eigenvalue weighted by Crippen LogP contribution is -2.25. The van der Waals surface area contributed by atoms with Crippen molar-refractivity contribution in [2.24, 2.45) is 0 Å². The minimum atomic E-state index is 0. The fraction of sp³-hybridized carbons (Fsp3) is 0.571. The van der Waals surface area contributed by atoms with Gasteiger partial charge in [-0.05, 0) is 23.0 Å². The van der Waals surface area contributed by atoms with Crippen LogP contribution in [0.4, 0.5) is 124 Å². The van der Waals surface area contributed by atoms with Gasteiger partial charge in [0, 0.05) is 143 Å². The topological polar surface area (TPSA) is 16.1 Å². The Kier molecular flexibility index (Phi) is 391. The molecule has 0 atom stereocenters. The van der Waals surface area contributed by atoms with Gasteiger partial charge in [0.15, 0.2) is 3.92 Å². The van der Waals surface area contributed by atoms with E-state index >= 15 is 0 Å². The lowest BCUT2D eigenvalue weighted by atomic mass is 10.2. The van der Waals surface area contributed by atoms with Gasteiger partial charge < -0.3 is 4.90 Å². The molecule has 0 radical (unpaired) electrons. The van der Waals surface area contributed by atoms with Crippen LogP contribution in [0.15, 0.2) is 3.92 Å². The number of nitrogens with zero attached hydrogens (tertiary/aromatic N) is 2. The number of aromatic nitrogens is 1. The summed E-state index contributed by atoms with van der Waals surface area (Å²) in [7, 11) is 2.15. The largest absolute Gasteiger partial charge is 0.301 e. The third kappa shape index (κ3) is 102. The number of hydrogen-bond donors (Lipinski definition) is 0. The lowest BCUT2D eigenvalue weighted by Gasteiger charge is -2.20. The van der Waals surface area contributed by atoms with E-state index in [2.05, 4.69) is 32.9 Å². The fourth-order valence-electron chi connectivity index (χ4n) is 1.29. The normalized spacial score (nSPS) is 7.37. The molecule has 0 spiro atoms. The Morgan fingerprint density at radius 1 is 0.553 bits per heavy atom. The second-order valence-corrected chi connectivity index (χ2v) is 5.18. The third-order valence-electron chi connectivity index (χ3n) is 1.90. The van der Waals surface area contributed by atoms with Crippen molar-refractivity contribution in [1.82, 2.24) is 9.88 Å². The van der Waals surface area contributed by atoms with Crippen LogP contribution in [-0.4, -0.2) is 23.5 Å². The molecule has 0 N–H and O–H groups in total. The molecule has 1 aliphatic heterocycles.